The third-order valence-electron chi connectivity index (χ3n) is 7.21. The summed E-state index contributed by atoms with van der Waals surface area (Å²) in [5, 5.41) is 0. The van der Waals surface area contributed by atoms with Gasteiger partial charge >= 0.3 is 18.2 Å². The van der Waals surface area contributed by atoms with Gasteiger partial charge in [-0.1, -0.05) is 143 Å². The second-order valence-electron chi connectivity index (χ2n) is 10.6. The zero-order chi connectivity index (χ0) is 30.8. The Morgan fingerprint density at radius 2 is 0.864 bits per heavy atom. The van der Waals surface area contributed by atoms with Crippen LogP contribution in [0.4, 0.5) is 0 Å². The molecule has 44 heavy (non-hydrogen) atoms. The number of hydrogen-bond donors (Lipinski definition) is 0. The molecule has 0 unspecified atom stereocenters. The minimum Gasteiger partial charge on any atom is -0.289 e. The Balaban J connectivity index is 1.33. The first kappa shape index (κ1) is 32.6. The minimum absolute atomic E-state index is 0.0967. The standard InChI is InChI=1S/C38H40O6/c1-2-3-4-5-6-7-8-9-16-27-36(41-43-37(39)34-25-17-23-32(28-34)30-19-12-10-13-20-30)42-44-38(40)35-26-18-24-33(29-35)31-21-14-11-15-22-31/h10-15,17-26,28-29H,1-9,16,27H2. The van der Waals surface area contributed by atoms with E-state index in [1.54, 1.807) is 36.4 Å². The van der Waals surface area contributed by atoms with Crippen molar-refractivity contribution in [3.63, 3.8) is 0 Å². The molecular formula is C38H40O6. The van der Waals surface area contributed by atoms with Crippen molar-refractivity contribution < 1.29 is 29.1 Å². The van der Waals surface area contributed by atoms with Crippen molar-refractivity contribution in [2.24, 2.45) is 0 Å². The average Bonchev–Trinajstić information content (AvgIpc) is 3.09. The van der Waals surface area contributed by atoms with E-state index >= 15 is 0 Å². The van der Waals surface area contributed by atoms with Gasteiger partial charge in [0.05, 0.1) is 11.1 Å². The van der Waals surface area contributed by atoms with Crippen LogP contribution in [-0.4, -0.2) is 11.9 Å². The fourth-order valence-corrected chi connectivity index (χ4v) is 4.78. The first-order valence-electron chi connectivity index (χ1n) is 15.4. The predicted molar refractivity (Wildman–Crippen MR) is 172 cm³/mol. The number of rotatable bonds is 18. The maximum absolute atomic E-state index is 12.9. The molecule has 6 nitrogen and oxygen atoms in total. The lowest BCUT2D eigenvalue weighted by atomic mass is 10.0. The van der Waals surface area contributed by atoms with Gasteiger partial charge in [0.25, 0.3) is 0 Å². The van der Waals surface area contributed by atoms with Gasteiger partial charge < -0.3 is 0 Å². The van der Waals surface area contributed by atoms with Gasteiger partial charge in [-0.25, -0.2) is 9.59 Å². The molecule has 4 aromatic carbocycles. The van der Waals surface area contributed by atoms with E-state index in [9.17, 15) is 9.59 Å². The molecule has 2 radical (unpaired) electrons. The van der Waals surface area contributed by atoms with E-state index in [4.69, 9.17) is 19.6 Å². The highest BCUT2D eigenvalue weighted by atomic mass is 17.3. The monoisotopic (exact) mass is 592 g/mol. The van der Waals surface area contributed by atoms with E-state index in [0.29, 0.717) is 17.5 Å². The molecule has 0 N–H and O–H groups in total. The van der Waals surface area contributed by atoms with Crippen LogP contribution in [0.2, 0.25) is 0 Å². The Bertz CT molecular complexity index is 1320. The van der Waals surface area contributed by atoms with Gasteiger partial charge in [0.1, 0.15) is 0 Å². The van der Waals surface area contributed by atoms with Gasteiger partial charge in [-0.15, -0.1) is 9.78 Å². The molecule has 0 aliphatic heterocycles. The molecule has 228 valence electrons. The highest BCUT2D eigenvalue weighted by Crippen LogP contribution is 2.24. The molecule has 0 saturated heterocycles. The summed E-state index contributed by atoms with van der Waals surface area (Å²) in [5.41, 5.74) is 4.34. The van der Waals surface area contributed by atoms with Crippen LogP contribution in [0.25, 0.3) is 22.3 Å². The molecule has 0 heterocycles. The molecule has 0 spiro atoms. The van der Waals surface area contributed by atoms with Gasteiger partial charge in [-0.2, -0.15) is 0 Å². The Kier molecular flexibility index (Phi) is 13.7. The van der Waals surface area contributed by atoms with Crippen LogP contribution in [0.3, 0.4) is 0 Å². The fraction of sp³-hybridized carbons (Fsp3) is 0.263. The van der Waals surface area contributed by atoms with Crippen LogP contribution in [0, 0.1) is 13.2 Å². The molecule has 6 heteroatoms. The molecule has 0 atom stereocenters. The predicted octanol–water partition coefficient (Wildman–Crippen LogP) is 10.1. The molecule has 0 aliphatic rings. The van der Waals surface area contributed by atoms with Crippen molar-refractivity contribution >= 4 is 11.9 Å². The third kappa shape index (κ3) is 10.8. The second-order valence-corrected chi connectivity index (χ2v) is 10.6. The fourth-order valence-electron chi connectivity index (χ4n) is 4.78. The van der Waals surface area contributed by atoms with Crippen LogP contribution in [-0.2, 0) is 19.6 Å². The van der Waals surface area contributed by atoms with Crippen molar-refractivity contribution in [2.45, 2.75) is 64.2 Å². The topological polar surface area (TPSA) is 71.1 Å². The first-order chi connectivity index (χ1) is 21.6. The summed E-state index contributed by atoms with van der Waals surface area (Å²) in [4.78, 5) is 46.6. The summed E-state index contributed by atoms with van der Waals surface area (Å²) in [7, 11) is 0. The maximum Gasteiger partial charge on any atom is 0.373 e. The van der Waals surface area contributed by atoms with Gasteiger partial charge in [-0.05, 0) is 52.9 Å². The number of unbranched alkanes of at least 4 members (excludes halogenated alkanes) is 8. The smallest absolute Gasteiger partial charge is 0.289 e. The summed E-state index contributed by atoms with van der Waals surface area (Å²) in [6.07, 6.45) is 9.89. The number of carbonyl (C=O) groups is 2. The van der Waals surface area contributed by atoms with Crippen molar-refractivity contribution in [3.05, 3.63) is 134 Å². The van der Waals surface area contributed by atoms with Gasteiger partial charge in [0, 0.05) is 6.42 Å². The first-order valence-corrected chi connectivity index (χ1v) is 15.4. The Labute approximate surface area is 260 Å². The number of carbonyl (C=O) groups excluding carboxylic acids is 2. The lowest BCUT2D eigenvalue weighted by molar-refractivity contribution is -0.363. The maximum atomic E-state index is 12.9. The van der Waals surface area contributed by atoms with Crippen LogP contribution < -0.4 is 0 Å². The molecular weight excluding hydrogens is 552 g/mol. The second kappa shape index (κ2) is 18.4. The molecule has 4 rings (SSSR count). The molecule has 0 amide bonds. The van der Waals surface area contributed by atoms with Gasteiger partial charge in [-0.3, -0.25) is 9.78 Å². The van der Waals surface area contributed by atoms with Crippen molar-refractivity contribution in [2.75, 3.05) is 0 Å². The summed E-state index contributed by atoms with van der Waals surface area (Å²) >= 11 is 0. The quantitative estimate of drug-likeness (QED) is 0.0650. The third-order valence-corrected chi connectivity index (χ3v) is 7.21. The van der Waals surface area contributed by atoms with E-state index in [2.05, 4.69) is 6.92 Å². The number of hydrogen-bond acceptors (Lipinski definition) is 6. The Morgan fingerprint density at radius 1 is 0.455 bits per heavy atom. The van der Waals surface area contributed by atoms with E-state index in [1.165, 1.54) is 25.7 Å². The number of benzene rings is 4. The lowest BCUT2D eigenvalue weighted by Crippen LogP contribution is -2.16. The molecule has 4 aromatic rings. The van der Waals surface area contributed by atoms with Gasteiger partial charge in [0.2, 0.25) is 0 Å². The molecule has 0 aliphatic carbocycles. The minimum atomic E-state index is -0.687. The van der Waals surface area contributed by atoms with Crippen molar-refractivity contribution in [1.29, 1.82) is 0 Å². The SMILES string of the molecule is [CH2]CCCCCCCCCC[C](OOC(=O)c1cccc(-c2ccccc2)c1)OOC(=O)c1cccc(-c2ccccc2)c1. The summed E-state index contributed by atoms with van der Waals surface area (Å²) in [6.45, 7) is 3.89. The normalized spacial score (nSPS) is 11.0. The van der Waals surface area contributed by atoms with Crippen molar-refractivity contribution in [3.8, 4) is 22.3 Å². The van der Waals surface area contributed by atoms with E-state index in [1.807, 2.05) is 72.8 Å². The van der Waals surface area contributed by atoms with Crippen LogP contribution in [0.15, 0.2) is 109 Å². The summed E-state index contributed by atoms with van der Waals surface area (Å²) in [6, 6.07) is 33.6. The Hall–Kier alpha value is -4.26. The van der Waals surface area contributed by atoms with E-state index < -0.39 is 11.9 Å². The highest BCUT2D eigenvalue weighted by Gasteiger charge is 2.22. The zero-order valence-corrected chi connectivity index (χ0v) is 25.1. The molecule has 0 aromatic heterocycles. The average molecular weight is 593 g/mol. The highest BCUT2D eigenvalue weighted by molar-refractivity contribution is 5.91. The largest absolute Gasteiger partial charge is 0.373 e. The molecule has 0 fully saturated rings. The van der Waals surface area contributed by atoms with Crippen LogP contribution >= 0.6 is 0 Å². The van der Waals surface area contributed by atoms with Crippen LogP contribution in [0.5, 0.6) is 0 Å². The summed E-state index contributed by atoms with van der Waals surface area (Å²) < 4.78 is 0. The van der Waals surface area contributed by atoms with E-state index in [0.717, 1.165) is 54.4 Å². The summed E-state index contributed by atoms with van der Waals surface area (Å²) in [5.74, 6) is -1.37. The van der Waals surface area contributed by atoms with Crippen molar-refractivity contribution in [1.82, 2.24) is 0 Å². The Morgan fingerprint density at radius 3 is 1.32 bits per heavy atom. The lowest BCUT2D eigenvalue weighted by Gasteiger charge is -2.14. The molecule has 0 bridgehead atoms. The van der Waals surface area contributed by atoms with Gasteiger partial charge in [0.15, 0.2) is 0 Å². The van der Waals surface area contributed by atoms with Crippen LogP contribution in [0.1, 0.15) is 84.9 Å². The van der Waals surface area contributed by atoms with E-state index in [-0.39, 0.29) is 6.29 Å². The molecule has 0 saturated carbocycles. The zero-order valence-electron chi connectivity index (χ0n) is 25.1.